The Morgan fingerprint density at radius 1 is 0.703 bits per heavy atom. The van der Waals surface area contributed by atoms with Crippen LogP contribution in [0.1, 0.15) is 99.3 Å². The molecule has 0 bridgehead atoms. The molecule has 27 atom stereocenters. The molecule has 0 radical (unpaired) electrons. The minimum atomic E-state index is -1.77. The molecule has 8 rings (SSSR count). The molecule has 0 aromatic heterocycles. The maximum absolute atomic E-state index is 12.7. The number of hydrogen-bond acceptors (Lipinski definition) is 18. The van der Waals surface area contributed by atoms with Gasteiger partial charge in [-0.3, -0.25) is 4.79 Å². The highest BCUT2D eigenvalue weighted by Gasteiger charge is 2.68. The Hall–Kier alpha value is -1.21. The van der Waals surface area contributed by atoms with Crippen LogP contribution in [-0.4, -0.2) is 186 Å². The molecule has 10 N–H and O–H groups in total. The summed E-state index contributed by atoms with van der Waals surface area (Å²) in [5.41, 5.74) is -1.55. The number of carboxylic acid groups (broad SMARTS) is 1. The Bertz CT molecular complexity index is 1610. The molecule has 64 heavy (non-hydrogen) atoms. The largest absolute Gasteiger partial charge is 0.481 e. The van der Waals surface area contributed by atoms with Crippen molar-refractivity contribution in [3.05, 3.63) is 0 Å². The number of carboxylic acids is 1. The minimum Gasteiger partial charge on any atom is -0.481 e. The molecule has 0 amide bonds. The van der Waals surface area contributed by atoms with Gasteiger partial charge in [0.25, 0.3) is 0 Å². The number of aliphatic carboxylic acids is 1. The third-order valence-corrected chi connectivity index (χ3v) is 17.4. The number of aliphatic hydroxyl groups excluding tert-OH is 8. The van der Waals surface area contributed by atoms with Crippen LogP contribution in [0.4, 0.5) is 0 Å². The van der Waals surface area contributed by atoms with Crippen LogP contribution < -0.4 is 0 Å². The van der Waals surface area contributed by atoms with Crippen molar-refractivity contribution in [3.8, 4) is 0 Å². The molecule has 19 heteroatoms. The van der Waals surface area contributed by atoms with Gasteiger partial charge >= 0.3 is 5.97 Å². The summed E-state index contributed by atoms with van der Waals surface area (Å²) in [5, 5.41) is 109. The Balaban J connectivity index is 0.997. The van der Waals surface area contributed by atoms with Crippen LogP contribution in [0.5, 0.6) is 0 Å². The second kappa shape index (κ2) is 18.6. The Morgan fingerprint density at radius 2 is 1.33 bits per heavy atom. The van der Waals surface area contributed by atoms with Crippen LogP contribution in [0.2, 0.25) is 0 Å². The van der Waals surface area contributed by atoms with Gasteiger partial charge in [0, 0.05) is 24.7 Å². The fourth-order valence-electron chi connectivity index (χ4n) is 13.6. The molecule has 3 saturated carbocycles. The zero-order valence-corrected chi connectivity index (χ0v) is 37.8. The lowest BCUT2D eigenvalue weighted by Crippen LogP contribution is -2.66. The Morgan fingerprint density at radius 3 is 1.89 bits per heavy atom. The summed E-state index contributed by atoms with van der Waals surface area (Å²) >= 11 is 0. The molecule has 3 aliphatic carbocycles. The number of fused-ring (bicyclic) bond motifs is 2. The third kappa shape index (κ3) is 8.62. The Labute approximate surface area is 374 Å². The van der Waals surface area contributed by atoms with Gasteiger partial charge in [0.2, 0.25) is 0 Å². The van der Waals surface area contributed by atoms with Gasteiger partial charge in [0.05, 0.1) is 43.2 Å². The van der Waals surface area contributed by atoms with Crippen molar-refractivity contribution >= 4 is 5.97 Å². The highest BCUT2D eigenvalue weighted by molar-refractivity contribution is 5.67. The maximum Gasteiger partial charge on any atom is 0.303 e. The smallest absolute Gasteiger partial charge is 0.303 e. The standard InChI is InChI=1S/C45H74O19/c1-18-9-12-45(57-17-18)19(2)30-27(64-45)14-26(44(30,6)56)24-8-7-22-13-23(10-11-43(22,5)25(24)15-29(47)48)60-42-39(63-41-36(54)34(52)32(50)21(4)59-41)37(55)38(28(16-46)61-42)62-40-35(53)33(51)31(49)20(3)58-40/h18-28,30-42,46,49-56H,7-17H2,1-6H3,(H,47,48)/t18-,19+,20+,21+,22+,23+,24-,25+,26+,27+,28-,30+,31+,32+,33-,34-,35-,36-,37+,38-,39-,40+,41+,42-,43+,44+,45-/m1/s1. The number of rotatable bonds is 10. The van der Waals surface area contributed by atoms with Gasteiger partial charge in [-0.1, -0.05) is 20.8 Å². The van der Waals surface area contributed by atoms with E-state index >= 15 is 0 Å². The van der Waals surface area contributed by atoms with Gasteiger partial charge in [0.15, 0.2) is 24.7 Å². The molecule has 0 unspecified atom stereocenters. The topological polar surface area (TPSA) is 293 Å². The van der Waals surface area contributed by atoms with E-state index in [4.69, 9.17) is 37.9 Å². The van der Waals surface area contributed by atoms with E-state index in [1.165, 1.54) is 13.8 Å². The number of aliphatic hydroxyl groups is 9. The van der Waals surface area contributed by atoms with Gasteiger partial charge in [-0.25, -0.2) is 0 Å². The average molecular weight is 919 g/mol. The SMILES string of the molecule is C[C@@H]1CC[C@@]2(OC1)O[C@H]1C[C@@H]([C@@H]3CC[C@H]4C[C@@H](O[C@@H]5O[C@H](CO)[C@@H](O[C@@H]6O[C@@H](C)[C@H](O)[C@@H](O)[C@H]6O)[C@H](O)[C@H]5O[C@@H]5O[C@@H](C)[C@H](O)[C@@H](O)[C@H]5O)CC[C@]4(C)[C@H]3CC(=O)O)[C@](C)(O)[C@H]1[C@@H]2C. The van der Waals surface area contributed by atoms with E-state index in [1.54, 1.807) is 0 Å². The normalized spacial score (nSPS) is 56.7. The molecule has 8 aliphatic rings. The Kier molecular flexibility index (Phi) is 14.3. The molecular weight excluding hydrogens is 844 g/mol. The quantitative estimate of drug-likeness (QED) is 0.126. The summed E-state index contributed by atoms with van der Waals surface area (Å²) in [6, 6.07) is 0. The molecule has 1 spiro atoms. The van der Waals surface area contributed by atoms with Crippen LogP contribution in [0, 0.1) is 46.8 Å². The molecule has 368 valence electrons. The van der Waals surface area contributed by atoms with Crippen molar-refractivity contribution in [2.24, 2.45) is 46.8 Å². The van der Waals surface area contributed by atoms with Crippen LogP contribution >= 0.6 is 0 Å². The molecule has 0 aromatic carbocycles. The van der Waals surface area contributed by atoms with E-state index in [1.807, 2.05) is 6.92 Å². The van der Waals surface area contributed by atoms with Crippen LogP contribution in [0.15, 0.2) is 0 Å². The van der Waals surface area contributed by atoms with Crippen molar-refractivity contribution in [1.29, 1.82) is 0 Å². The summed E-state index contributed by atoms with van der Waals surface area (Å²) in [5.74, 6) is -1.87. The highest BCUT2D eigenvalue weighted by atomic mass is 16.8. The molecular formula is C45H74O19. The lowest BCUT2D eigenvalue weighted by molar-refractivity contribution is -0.389. The maximum atomic E-state index is 12.7. The van der Waals surface area contributed by atoms with Crippen molar-refractivity contribution in [1.82, 2.24) is 0 Å². The fraction of sp³-hybridized carbons (Fsp3) is 0.978. The van der Waals surface area contributed by atoms with Gasteiger partial charge in [-0.05, 0) is 101 Å². The number of hydrogen-bond donors (Lipinski definition) is 10. The summed E-state index contributed by atoms with van der Waals surface area (Å²) in [4.78, 5) is 12.7. The molecule has 8 fully saturated rings. The monoisotopic (exact) mass is 918 g/mol. The van der Waals surface area contributed by atoms with E-state index in [0.29, 0.717) is 44.6 Å². The molecule has 5 saturated heterocycles. The summed E-state index contributed by atoms with van der Waals surface area (Å²) in [7, 11) is 0. The van der Waals surface area contributed by atoms with Crippen molar-refractivity contribution in [3.63, 3.8) is 0 Å². The van der Waals surface area contributed by atoms with Crippen LogP contribution in [0.3, 0.4) is 0 Å². The minimum absolute atomic E-state index is 0.000987. The van der Waals surface area contributed by atoms with Crippen molar-refractivity contribution < 1.29 is 93.8 Å². The summed E-state index contributed by atoms with van der Waals surface area (Å²) in [6.45, 7) is 11.2. The second-order valence-corrected chi connectivity index (χ2v) is 21.3. The van der Waals surface area contributed by atoms with Crippen LogP contribution in [0.25, 0.3) is 0 Å². The number of ether oxygens (including phenoxy) is 8. The zero-order valence-electron chi connectivity index (χ0n) is 37.8. The lowest BCUT2D eigenvalue weighted by Gasteiger charge is -2.57. The molecule has 0 aromatic rings. The molecule has 19 nitrogen and oxygen atoms in total. The van der Waals surface area contributed by atoms with Crippen LogP contribution in [-0.2, 0) is 42.7 Å². The van der Waals surface area contributed by atoms with E-state index in [2.05, 4.69) is 20.8 Å². The van der Waals surface area contributed by atoms with Crippen molar-refractivity contribution in [2.75, 3.05) is 13.2 Å². The molecule has 5 aliphatic heterocycles. The van der Waals surface area contributed by atoms with E-state index in [0.717, 1.165) is 19.3 Å². The predicted molar refractivity (Wildman–Crippen MR) is 218 cm³/mol. The van der Waals surface area contributed by atoms with Gasteiger partial charge in [0.1, 0.15) is 61.0 Å². The first kappa shape index (κ1) is 49.2. The van der Waals surface area contributed by atoms with E-state index < -0.39 is 128 Å². The molecule has 5 heterocycles. The third-order valence-electron chi connectivity index (χ3n) is 17.4. The van der Waals surface area contributed by atoms with Gasteiger partial charge in [-0.2, -0.15) is 0 Å². The fourth-order valence-corrected chi connectivity index (χ4v) is 13.6. The summed E-state index contributed by atoms with van der Waals surface area (Å²) in [6.07, 6.45) is -17.8. The first-order chi connectivity index (χ1) is 30.1. The van der Waals surface area contributed by atoms with E-state index in [9.17, 15) is 55.9 Å². The first-order valence-corrected chi connectivity index (χ1v) is 23.7. The zero-order chi connectivity index (χ0) is 46.4. The average Bonchev–Trinajstić information content (AvgIpc) is 3.67. The summed E-state index contributed by atoms with van der Waals surface area (Å²) < 4.78 is 49.5. The number of carbonyl (C=O) groups is 1. The highest BCUT2D eigenvalue weighted by Crippen LogP contribution is 2.65. The van der Waals surface area contributed by atoms with Gasteiger partial charge in [-0.15, -0.1) is 0 Å². The van der Waals surface area contributed by atoms with Gasteiger partial charge < -0.3 is 89.0 Å². The van der Waals surface area contributed by atoms with Crippen molar-refractivity contribution in [2.45, 2.75) is 215 Å². The second-order valence-electron chi connectivity index (χ2n) is 21.3. The first-order valence-electron chi connectivity index (χ1n) is 23.7. The van der Waals surface area contributed by atoms with E-state index in [-0.39, 0.29) is 48.0 Å². The lowest BCUT2D eigenvalue weighted by atomic mass is 9.49. The predicted octanol–water partition coefficient (Wildman–Crippen LogP) is -0.253.